The minimum absolute atomic E-state index is 0.00328. The van der Waals surface area contributed by atoms with E-state index < -0.39 is 95.2 Å². The first-order valence-corrected chi connectivity index (χ1v) is 25.0. The third kappa shape index (κ3) is 9.95. The van der Waals surface area contributed by atoms with Crippen molar-refractivity contribution in [2.45, 2.75) is 88.1 Å². The van der Waals surface area contributed by atoms with Gasteiger partial charge in [-0.25, -0.2) is 14.5 Å². The highest BCUT2D eigenvalue weighted by Gasteiger charge is 2.76. The van der Waals surface area contributed by atoms with Gasteiger partial charge < -0.3 is 39.0 Å². The Morgan fingerprint density at radius 1 is 0.757 bits per heavy atom. The number of carbonyl (C=O) groups is 7. The van der Waals surface area contributed by atoms with Gasteiger partial charge in [-0.3, -0.25) is 28.9 Å². The van der Waals surface area contributed by atoms with Crippen molar-refractivity contribution in [2.24, 2.45) is 17.8 Å². The Kier molecular flexibility index (Phi) is 16.5. The number of rotatable bonds is 13. The molecular weight excluding hydrogens is 949 g/mol. The summed E-state index contributed by atoms with van der Waals surface area (Å²) >= 11 is 0. The summed E-state index contributed by atoms with van der Waals surface area (Å²) in [4.78, 5) is 107. The summed E-state index contributed by atoms with van der Waals surface area (Å²) in [5, 5.41) is 12.4. The number of esters is 4. The fraction of sp³-hybridized carbons (Fsp3) is 0.421. The van der Waals surface area contributed by atoms with Crippen LogP contribution in [0.4, 0.5) is 10.5 Å². The third-order valence-electron chi connectivity index (χ3n) is 14.6. The minimum Gasteiger partial charge on any atom is -0.491 e. The van der Waals surface area contributed by atoms with Crippen LogP contribution in [0.15, 0.2) is 103 Å². The fourth-order valence-electron chi connectivity index (χ4n) is 11.2. The van der Waals surface area contributed by atoms with Crippen LogP contribution in [0.5, 0.6) is 5.75 Å². The molecule has 0 aliphatic carbocycles. The molecule has 3 fully saturated rings. The van der Waals surface area contributed by atoms with Gasteiger partial charge in [0.2, 0.25) is 11.8 Å². The zero-order valence-corrected chi connectivity index (χ0v) is 42.2. The summed E-state index contributed by atoms with van der Waals surface area (Å²) in [6.45, 7) is 3.87. The Labute approximate surface area is 430 Å². The van der Waals surface area contributed by atoms with Crippen LogP contribution in [0, 0.1) is 29.6 Å². The number of hydrogen-bond donors (Lipinski definition) is 2. The zero-order valence-electron chi connectivity index (χ0n) is 42.2. The Morgan fingerprint density at radius 2 is 1.36 bits per heavy atom. The first kappa shape index (κ1) is 52.8. The maximum atomic E-state index is 16.8. The standard InChI is InChI=1S/C57H62N4O13/c1-35(2)45(53(66)72-5)58-56(69)60-43-29-24-36(18-17-23-41(51(64)70-3)52(65)71-4)34-42(43)57(55(60)68)44(50(63)59-30-15-7-6-8-16-31-59)47-54(67)74-48(38-21-13-10-14-22-38)46(37-19-11-9-12-20-37)61(47)49(57)39-25-27-40(28-26-39)73-33-32-62/h9-14,19-22,24-29,34-35,41,44-49,62H,6-8,15-16,23,30-33H2,1-5H3,(H,58,69). The number of carbonyl (C=O) groups excluding carboxylic acids is 7. The molecular formula is C57H62N4O13. The third-order valence-corrected chi connectivity index (χ3v) is 14.6. The summed E-state index contributed by atoms with van der Waals surface area (Å²) in [5.41, 5.74) is 0.229. The van der Waals surface area contributed by atoms with Gasteiger partial charge in [0.1, 0.15) is 36.0 Å². The number of urea groups is 1. The molecule has 4 heterocycles. The fourth-order valence-corrected chi connectivity index (χ4v) is 11.2. The Balaban J connectivity index is 1.46. The quantitative estimate of drug-likeness (QED) is 0.0670. The van der Waals surface area contributed by atoms with E-state index in [1.54, 1.807) is 55.1 Å². The number of nitrogens with zero attached hydrogens (tertiary/aromatic N) is 3. The van der Waals surface area contributed by atoms with E-state index >= 15 is 19.2 Å². The van der Waals surface area contributed by atoms with Crippen LogP contribution < -0.4 is 15.0 Å². The van der Waals surface area contributed by atoms with Gasteiger partial charge in [-0.1, -0.05) is 118 Å². The lowest BCUT2D eigenvalue weighted by atomic mass is 9.64. The zero-order chi connectivity index (χ0) is 52.7. The van der Waals surface area contributed by atoms with Gasteiger partial charge in [-0.05, 0) is 71.3 Å². The number of nitrogens with one attached hydrogen (secondary N) is 1. The number of amides is 4. The molecule has 3 saturated heterocycles. The highest BCUT2D eigenvalue weighted by atomic mass is 16.6. The van der Waals surface area contributed by atoms with E-state index in [0.717, 1.165) is 38.4 Å². The van der Waals surface area contributed by atoms with Crippen molar-refractivity contribution in [3.8, 4) is 17.6 Å². The number of fused-ring (bicyclic) bond motifs is 3. The molecule has 0 saturated carbocycles. The second-order valence-electron chi connectivity index (χ2n) is 19.2. The highest BCUT2D eigenvalue weighted by Crippen LogP contribution is 2.66. The van der Waals surface area contributed by atoms with Crippen molar-refractivity contribution in [2.75, 3.05) is 52.5 Å². The lowest BCUT2D eigenvalue weighted by Gasteiger charge is -2.46. The van der Waals surface area contributed by atoms with E-state index in [9.17, 15) is 19.5 Å². The minimum atomic E-state index is -2.14. The smallest absolute Gasteiger partial charge is 0.329 e. The summed E-state index contributed by atoms with van der Waals surface area (Å²) in [6.07, 6.45) is 2.79. The largest absolute Gasteiger partial charge is 0.491 e. The van der Waals surface area contributed by atoms with Gasteiger partial charge in [0.15, 0.2) is 5.92 Å². The number of aliphatic hydroxyl groups excluding tert-OH is 1. The van der Waals surface area contributed by atoms with Crippen LogP contribution >= 0.6 is 0 Å². The molecule has 1 spiro atoms. The van der Waals surface area contributed by atoms with Crippen molar-refractivity contribution in [1.29, 1.82) is 0 Å². The number of methoxy groups -OCH3 is 3. The Hall–Kier alpha value is -7.55. The summed E-state index contributed by atoms with van der Waals surface area (Å²) < 4.78 is 27.3. The number of morpholine rings is 1. The highest BCUT2D eigenvalue weighted by molar-refractivity contribution is 6.25. The molecule has 7 atom stereocenters. The van der Waals surface area contributed by atoms with Crippen molar-refractivity contribution in [1.82, 2.24) is 15.1 Å². The van der Waals surface area contributed by atoms with E-state index in [-0.39, 0.29) is 36.4 Å². The van der Waals surface area contributed by atoms with Crippen molar-refractivity contribution in [3.63, 3.8) is 0 Å². The van der Waals surface area contributed by atoms with Gasteiger partial charge in [-0.15, -0.1) is 0 Å². The average Bonchev–Trinajstić information content (AvgIpc) is 3.95. The van der Waals surface area contributed by atoms with Gasteiger partial charge in [-0.2, -0.15) is 0 Å². The molecule has 7 unspecified atom stereocenters. The average molecular weight is 1010 g/mol. The molecule has 17 nitrogen and oxygen atoms in total. The van der Waals surface area contributed by atoms with E-state index in [1.165, 1.54) is 13.2 Å². The molecule has 0 radical (unpaired) electrons. The van der Waals surface area contributed by atoms with Crippen LogP contribution in [-0.2, 0) is 53.1 Å². The number of hydrogen-bond acceptors (Lipinski definition) is 14. The normalized spacial score (nSPS) is 22.8. The van der Waals surface area contributed by atoms with Gasteiger partial charge in [0, 0.05) is 25.1 Å². The SMILES string of the molecule is COC(=O)C(CC#Cc1ccc2c(c1)C1(C(=O)N2C(=O)NC(C(=O)OC)C(C)C)C(C(=O)N2CCCCCCC2)C2C(=O)OC(c3ccccc3)C(c3ccccc3)N2C1c1ccc(OCCO)cc1)C(=O)OC. The first-order valence-electron chi connectivity index (χ1n) is 25.0. The van der Waals surface area contributed by atoms with Gasteiger partial charge >= 0.3 is 29.9 Å². The van der Waals surface area contributed by atoms with Crippen LogP contribution in [0.25, 0.3) is 0 Å². The van der Waals surface area contributed by atoms with Crippen LogP contribution in [0.1, 0.15) is 98.4 Å². The number of benzene rings is 4. The Morgan fingerprint density at radius 3 is 1.96 bits per heavy atom. The topological polar surface area (TPSA) is 208 Å². The molecule has 74 heavy (non-hydrogen) atoms. The van der Waals surface area contributed by atoms with E-state index in [0.29, 0.717) is 48.4 Å². The van der Waals surface area contributed by atoms with E-state index in [2.05, 4.69) is 17.2 Å². The molecule has 4 amide bonds. The number of ether oxygens (including phenoxy) is 5. The van der Waals surface area contributed by atoms with Crippen LogP contribution in [0.3, 0.4) is 0 Å². The molecule has 8 rings (SSSR count). The lowest BCUT2D eigenvalue weighted by molar-refractivity contribution is -0.179. The summed E-state index contributed by atoms with van der Waals surface area (Å²) in [7, 11) is 3.48. The number of likely N-dealkylation sites (tertiary alicyclic amines) is 1. The monoisotopic (exact) mass is 1010 g/mol. The van der Waals surface area contributed by atoms with E-state index in [4.69, 9.17) is 23.7 Å². The molecule has 4 aliphatic rings. The van der Waals surface area contributed by atoms with Crippen molar-refractivity contribution in [3.05, 3.63) is 131 Å². The van der Waals surface area contributed by atoms with Crippen LogP contribution in [0.2, 0.25) is 0 Å². The molecule has 0 bridgehead atoms. The predicted octanol–water partition coefficient (Wildman–Crippen LogP) is 6.13. The lowest BCUT2D eigenvalue weighted by Crippen LogP contribution is -2.58. The number of imide groups is 1. The molecule has 17 heteroatoms. The van der Waals surface area contributed by atoms with Crippen LogP contribution in [-0.4, -0.2) is 116 Å². The molecule has 388 valence electrons. The maximum Gasteiger partial charge on any atom is 0.329 e. The summed E-state index contributed by atoms with van der Waals surface area (Å²) in [5.74, 6) is -1.61. The molecule has 0 aromatic heterocycles. The maximum absolute atomic E-state index is 16.8. The Bertz CT molecular complexity index is 2770. The number of aliphatic hydroxyl groups is 1. The summed E-state index contributed by atoms with van der Waals surface area (Å²) in [6, 6.07) is 24.5. The molecule has 4 aromatic carbocycles. The molecule has 4 aliphatic heterocycles. The number of anilines is 1. The predicted molar refractivity (Wildman–Crippen MR) is 269 cm³/mol. The van der Waals surface area contributed by atoms with E-state index in [1.807, 2.05) is 65.6 Å². The molecule has 2 N–H and O–H groups in total. The number of cyclic esters (lactones) is 1. The van der Waals surface area contributed by atoms with Gasteiger partial charge in [0.25, 0.3) is 0 Å². The second-order valence-corrected chi connectivity index (χ2v) is 19.2. The van der Waals surface area contributed by atoms with Crippen molar-refractivity contribution >= 4 is 47.4 Å². The second kappa shape index (κ2) is 23.1. The first-order chi connectivity index (χ1) is 35.8. The van der Waals surface area contributed by atoms with Crippen molar-refractivity contribution < 1.29 is 62.4 Å². The molecule has 4 aromatic rings. The van der Waals surface area contributed by atoms with Gasteiger partial charge in [0.05, 0.1) is 51.6 Å².